The number of ketones is 1. The number of nitrogens with zero attached hydrogens (tertiary/aromatic N) is 1. The smallest absolute Gasteiger partial charge is 0.129 e. The maximum atomic E-state index is 10.8. The Balaban J connectivity index is 2.25. The van der Waals surface area contributed by atoms with Gasteiger partial charge in [0.2, 0.25) is 0 Å². The summed E-state index contributed by atoms with van der Waals surface area (Å²) in [5.74, 6) is 1.56. The summed E-state index contributed by atoms with van der Waals surface area (Å²) < 4.78 is 0. The maximum Gasteiger partial charge on any atom is 0.129 e. The molecular weight excluding hydrogens is 194 g/mol. The predicted octanol–water partition coefficient (Wildman–Crippen LogP) is 2.18. The van der Waals surface area contributed by atoms with Gasteiger partial charge in [-0.3, -0.25) is 4.90 Å². The molecule has 0 aromatic heterocycles. The van der Waals surface area contributed by atoms with Crippen LogP contribution < -0.4 is 0 Å². The van der Waals surface area contributed by atoms with E-state index in [4.69, 9.17) is 0 Å². The molecule has 1 saturated heterocycles. The van der Waals surface area contributed by atoms with Gasteiger partial charge in [0.1, 0.15) is 5.78 Å². The van der Waals surface area contributed by atoms with E-state index in [1.54, 1.807) is 6.92 Å². The van der Waals surface area contributed by atoms with Crippen LogP contribution in [0, 0.1) is 0 Å². The Labute approximate surface area is 91.4 Å². The summed E-state index contributed by atoms with van der Waals surface area (Å²) in [6, 6.07) is 0.667. The second kappa shape index (κ2) is 5.76. The average molecular weight is 215 g/mol. The van der Waals surface area contributed by atoms with Crippen molar-refractivity contribution in [2.24, 2.45) is 0 Å². The topological polar surface area (TPSA) is 20.3 Å². The lowest BCUT2D eigenvalue weighted by Crippen LogP contribution is -2.44. The van der Waals surface area contributed by atoms with Crippen molar-refractivity contribution in [3.8, 4) is 0 Å². The maximum absolute atomic E-state index is 10.8. The van der Waals surface area contributed by atoms with E-state index in [0.717, 1.165) is 24.6 Å². The molecule has 2 nitrogen and oxygen atoms in total. The first-order chi connectivity index (χ1) is 6.61. The number of thioether (sulfide) groups is 1. The van der Waals surface area contributed by atoms with Gasteiger partial charge in [-0.05, 0) is 26.8 Å². The van der Waals surface area contributed by atoms with E-state index in [9.17, 15) is 4.79 Å². The summed E-state index contributed by atoms with van der Waals surface area (Å²) in [6.07, 6.45) is 1.77. The third-order valence-electron chi connectivity index (χ3n) is 2.99. The van der Waals surface area contributed by atoms with E-state index >= 15 is 0 Å². The van der Waals surface area contributed by atoms with E-state index in [2.05, 4.69) is 30.5 Å². The lowest BCUT2D eigenvalue weighted by Gasteiger charge is -2.37. The molecule has 0 spiro atoms. The van der Waals surface area contributed by atoms with Gasteiger partial charge in [-0.1, -0.05) is 6.92 Å². The molecule has 3 heteroatoms. The molecule has 1 aliphatic rings. The monoisotopic (exact) mass is 215 g/mol. The molecule has 0 N–H and O–H groups in total. The number of carbonyl (C=O) groups excluding carboxylic acids is 1. The highest BCUT2D eigenvalue weighted by molar-refractivity contribution is 8.00. The van der Waals surface area contributed by atoms with Crippen LogP contribution in [-0.4, -0.2) is 40.8 Å². The van der Waals surface area contributed by atoms with Gasteiger partial charge in [-0.15, -0.1) is 0 Å². The molecular formula is C11H21NOS. The third-order valence-corrected chi connectivity index (χ3v) is 4.33. The molecule has 1 fully saturated rings. The molecule has 0 bridgehead atoms. The fourth-order valence-corrected chi connectivity index (χ4v) is 3.00. The van der Waals surface area contributed by atoms with Crippen LogP contribution in [0.15, 0.2) is 0 Å². The van der Waals surface area contributed by atoms with Crippen LogP contribution in [0.3, 0.4) is 0 Å². The SMILES string of the molecule is CC(=O)CCCN1CCSC(C)C1C. The van der Waals surface area contributed by atoms with E-state index < -0.39 is 0 Å². The fourth-order valence-electron chi connectivity index (χ4n) is 1.84. The Bertz CT molecular complexity index is 196. The lowest BCUT2D eigenvalue weighted by molar-refractivity contribution is -0.117. The molecule has 0 aromatic rings. The zero-order valence-electron chi connectivity index (χ0n) is 9.45. The number of hydrogen-bond donors (Lipinski definition) is 0. The summed E-state index contributed by atoms with van der Waals surface area (Å²) >= 11 is 2.06. The van der Waals surface area contributed by atoms with Crippen LogP contribution in [0.5, 0.6) is 0 Å². The summed E-state index contributed by atoms with van der Waals surface area (Å²) in [7, 11) is 0. The average Bonchev–Trinajstić information content (AvgIpc) is 2.12. The fraction of sp³-hybridized carbons (Fsp3) is 0.909. The van der Waals surface area contributed by atoms with Crippen molar-refractivity contribution in [2.75, 3.05) is 18.8 Å². The van der Waals surface area contributed by atoms with Gasteiger partial charge in [0.25, 0.3) is 0 Å². The molecule has 14 heavy (non-hydrogen) atoms. The summed E-state index contributed by atoms with van der Waals surface area (Å²) in [5.41, 5.74) is 0. The van der Waals surface area contributed by atoms with Crippen molar-refractivity contribution < 1.29 is 4.79 Å². The molecule has 0 radical (unpaired) electrons. The number of Topliss-reactive ketones (excluding diaryl/α,β-unsaturated/α-hetero) is 1. The Morgan fingerprint density at radius 1 is 1.50 bits per heavy atom. The Morgan fingerprint density at radius 3 is 2.86 bits per heavy atom. The molecule has 1 aliphatic heterocycles. The second-order valence-electron chi connectivity index (χ2n) is 4.16. The van der Waals surface area contributed by atoms with E-state index in [0.29, 0.717) is 11.8 Å². The lowest BCUT2D eigenvalue weighted by atomic mass is 10.1. The Morgan fingerprint density at radius 2 is 2.21 bits per heavy atom. The molecule has 0 saturated carbocycles. The number of carbonyl (C=O) groups is 1. The second-order valence-corrected chi connectivity index (χ2v) is 5.64. The Hall–Kier alpha value is -0.0200. The summed E-state index contributed by atoms with van der Waals surface area (Å²) in [6.45, 7) is 8.55. The largest absolute Gasteiger partial charge is 0.300 e. The van der Waals surface area contributed by atoms with Crippen molar-refractivity contribution in [3.63, 3.8) is 0 Å². The first-order valence-corrected chi connectivity index (χ1v) is 6.51. The summed E-state index contributed by atoms with van der Waals surface area (Å²) in [5, 5.41) is 0.737. The molecule has 0 aromatic carbocycles. The van der Waals surface area contributed by atoms with Gasteiger partial charge < -0.3 is 4.79 Å². The minimum absolute atomic E-state index is 0.317. The van der Waals surface area contributed by atoms with Crippen molar-refractivity contribution in [1.29, 1.82) is 0 Å². The van der Waals surface area contributed by atoms with Crippen LogP contribution >= 0.6 is 11.8 Å². The van der Waals surface area contributed by atoms with E-state index in [-0.39, 0.29) is 0 Å². The van der Waals surface area contributed by atoms with Crippen LogP contribution in [0.1, 0.15) is 33.6 Å². The zero-order chi connectivity index (χ0) is 10.6. The van der Waals surface area contributed by atoms with Crippen molar-refractivity contribution in [2.45, 2.75) is 44.9 Å². The highest BCUT2D eigenvalue weighted by atomic mass is 32.2. The van der Waals surface area contributed by atoms with Crippen LogP contribution in [0.2, 0.25) is 0 Å². The van der Waals surface area contributed by atoms with Crippen LogP contribution in [0.4, 0.5) is 0 Å². The van der Waals surface area contributed by atoms with Crippen molar-refractivity contribution in [3.05, 3.63) is 0 Å². The molecule has 0 amide bonds. The number of hydrogen-bond acceptors (Lipinski definition) is 3. The molecule has 82 valence electrons. The molecule has 1 rings (SSSR count). The standard InChI is InChI=1S/C11H21NOS/c1-9(13)5-4-6-12-7-8-14-11(3)10(12)2/h10-11H,4-8H2,1-3H3. The van der Waals surface area contributed by atoms with Crippen LogP contribution in [-0.2, 0) is 4.79 Å². The minimum Gasteiger partial charge on any atom is -0.300 e. The van der Waals surface area contributed by atoms with Gasteiger partial charge in [0, 0.05) is 30.0 Å². The quantitative estimate of drug-likeness (QED) is 0.717. The van der Waals surface area contributed by atoms with Gasteiger partial charge in [0.05, 0.1) is 0 Å². The highest BCUT2D eigenvalue weighted by Crippen LogP contribution is 2.24. The first kappa shape index (κ1) is 12.1. The van der Waals surface area contributed by atoms with E-state index in [1.807, 2.05) is 0 Å². The zero-order valence-corrected chi connectivity index (χ0v) is 10.3. The molecule has 2 unspecified atom stereocenters. The normalized spacial score (nSPS) is 29.1. The number of rotatable bonds is 4. The minimum atomic E-state index is 0.317. The van der Waals surface area contributed by atoms with E-state index in [1.165, 1.54) is 12.3 Å². The van der Waals surface area contributed by atoms with Gasteiger partial charge in [-0.2, -0.15) is 11.8 Å². The van der Waals surface area contributed by atoms with Crippen LogP contribution in [0.25, 0.3) is 0 Å². The molecule has 1 heterocycles. The highest BCUT2D eigenvalue weighted by Gasteiger charge is 2.24. The summed E-state index contributed by atoms with van der Waals surface area (Å²) in [4.78, 5) is 13.3. The molecule has 2 atom stereocenters. The molecule has 0 aliphatic carbocycles. The van der Waals surface area contributed by atoms with Crippen molar-refractivity contribution >= 4 is 17.5 Å². The third kappa shape index (κ3) is 3.62. The Kier molecular flexibility index (Phi) is 4.96. The van der Waals surface area contributed by atoms with Gasteiger partial charge in [0.15, 0.2) is 0 Å². The van der Waals surface area contributed by atoms with Crippen molar-refractivity contribution in [1.82, 2.24) is 4.90 Å². The van der Waals surface area contributed by atoms with Gasteiger partial charge >= 0.3 is 0 Å². The van der Waals surface area contributed by atoms with Gasteiger partial charge in [-0.25, -0.2) is 0 Å². The predicted molar refractivity (Wildman–Crippen MR) is 62.9 cm³/mol. The first-order valence-electron chi connectivity index (χ1n) is 5.46.